The molecule has 0 aliphatic rings. The van der Waals surface area contributed by atoms with Gasteiger partial charge in [-0.1, -0.05) is 6.07 Å². The first kappa shape index (κ1) is 20.4. The molecule has 0 unspecified atom stereocenters. The summed E-state index contributed by atoms with van der Waals surface area (Å²) in [7, 11) is 1.34. The fraction of sp³-hybridized carbons (Fsp3) is 0.188. The molecular weight excluding hydrogens is 481 g/mol. The van der Waals surface area contributed by atoms with Gasteiger partial charge in [0.05, 0.1) is 21.4 Å². The first-order valence-corrected chi connectivity index (χ1v) is 9.38. The zero-order valence-electron chi connectivity index (χ0n) is 13.4. The summed E-state index contributed by atoms with van der Waals surface area (Å²) >= 11 is 2.75. The van der Waals surface area contributed by atoms with Crippen LogP contribution in [0.1, 0.15) is 5.56 Å². The molecule has 1 N–H and O–H groups in total. The van der Waals surface area contributed by atoms with Crippen LogP contribution < -0.4 is 10.1 Å². The van der Waals surface area contributed by atoms with Gasteiger partial charge < -0.3 is 10.1 Å². The van der Waals surface area contributed by atoms with Crippen molar-refractivity contribution in [3.8, 4) is 5.75 Å². The number of halogens is 3. The summed E-state index contributed by atoms with van der Waals surface area (Å²) < 4.78 is 31.7. The lowest BCUT2D eigenvalue weighted by atomic mass is 10.2. The number of hydrogen-bond donors (Lipinski definition) is 1. The zero-order valence-corrected chi connectivity index (χ0v) is 16.4. The minimum atomic E-state index is -0.751. The van der Waals surface area contributed by atoms with Crippen molar-refractivity contribution in [2.45, 2.75) is 5.75 Å². The maximum atomic E-state index is 13.5. The van der Waals surface area contributed by atoms with Crippen molar-refractivity contribution in [2.75, 3.05) is 18.2 Å². The second kappa shape index (κ2) is 9.12. The third-order valence-electron chi connectivity index (χ3n) is 3.21. The van der Waals surface area contributed by atoms with Crippen LogP contribution >= 0.6 is 34.4 Å². The van der Waals surface area contributed by atoms with Crippen molar-refractivity contribution < 1.29 is 23.2 Å². The molecule has 138 valence electrons. The highest BCUT2D eigenvalue weighted by Gasteiger charge is 2.15. The van der Waals surface area contributed by atoms with Gasteiger partial charge in [0.2, 0.25) is 5.91 Å². The number of benzene rings is 2. The summed E-state index contributed by atoms with van der Waals surface area (Å²) in [5.74, 6) is -1.40. The third-order valence-corrected chi connectivity index (χ3v) is 5.24. The Bertz CT molecular complexity index is 828. The number of nitrogens with one attached hydrogen (secondary N) is 1. The second-order valence-electron chi connectivity index (χ2n) is 5.06. The largest absolute Gasteiger partial charge is 0.490 e. The predicted molar refractivity (Wildman–Crippen MR) is 104 cm³/mol. The van der Waals surface area contributed by atoms with Gasteiger partial charge in [-0.2, -0.15) is 0 Å². The maximum absolute atomic E-state index is 13.5. The van der Waals surface area contributed by atoms with Crippen LogP contribution in [-0.4, -0.2) is 23.7 Å². The lowest BCUT2D eigenvalue weighted by Gasteiger charge is -2.07. The van der Waals surface area contributed by atoms with Gasteiger partial charge in [-0.15, -0.1) is 11.8 Å². The molecule has 2 aromatic carbocycles. The Labute approximate surface area is 165 Å². The highest BCUT2D eigenvalue weighted by molar-refractivity contribution is 14.1. The number of methoxy groups -OCH3 is 1. The van der Waals surface area contributed by atoms with Crippen molar-refractivity contribution in [1.29, 1.82) is 0 Å². The van der Waals surface area contributed by atoms with Crippen LogP contribution in [0.3, 0.4) is 0 Å². The lowest BCUT2D eigenvalue weighted by Crippen LogP contribution is -2.14. The number of anilines is 1. The number of nitro benzene ring substituents is 1. The van der Waals surface area contributed by atoms with E-state index in [-0.39, 0.29) is 26.4 Å². The Morgan fingerprint density at radius 3 is 2.54 bits per heavy atom. The molecule has 0 aliphatic carbocycles. The first-order valence-electron chi connectivity index (χ1n) is 7.15. The van der Waals surface area contributed by atoms with Crippen LogP contribution in [0.25, 0.3) is 0 Å². The first-order chi connectivity index (χ1) is 12.3. The fourth-order valence-electron chi connectivity index (χ4n) is 2.05. The number of carbonyl (C=O) groups is 1. The van der Waals surface area contributed by atoms with Crippen molar-refractivity contribution in [2.24, 2.45) is 0 Å². The van der Waals surface area contributed by atoms with Crippen LogP contribution in [0, 0.1) is 25.3 Å². The highest BCUT2D eigenvalue weighted by atomic mass is 127. The van der Waals surface area contributed by atoms with Gasteiger partial charge in [0.25, 0.3) is 0 Å². The molecule has 0 aliphatic heterocycles. The van der Waals surface area contributed by atoms with E-state index in [0.29, 0.717) is 11.3 Å². The minimum Gasteiger partial charge on any atom is -0.490 e. The maximum Gasteiger partial charge on any atom is 0.311 e. The normalized spacial score (nSPS) is 10.5. The highest BCUT2D eigenvalue weighted by Crippen LogP contribution is 2.29. The quantitative estimate of drug-likeness (QED) is 0.268. The van der Waals surface area contributed by atoms with Crippen molar-refractivity contribution in [3.63, 3.8) is 0 Å². The summed E-state index contributed by atoms with van der Waals surface area (Å²) in [5.41, 5.74) is 0.535. The molecule has 26 heavy (non-hydrogen) atoms. The number of ether oxygens (including phenoxy) is 1. The topological polar surface area (TPSA) is 81.5 Å². The van der Waals surface area contributed by atoms with E-state index in [0.717, 1.165) is 12.1 Å². The van der Waals surface area contributed by atoms with E-state index in [2.05, 4.69) is 5.32 Å². The summed E-state index contributed by atoms with van der Waals surface area (Å²) in [6.45, 7) is 0. The van der Waals surface area contributed by atoms with Gasteiger partial charge in [0, 0.05) is 17.5 Å². The third kappa shape index (κ3) is 5.27. The molecular formula is C16H13F2IN2O4S. The molecule has 0 saturated heterocycles. The molecule has 0 spiro atoms. The Morgan fingerprint density at radius 1 is 1.31 bits per heavy atom. The number of nitro groups is 1. The van der Waals surface area contributed by atoms with Crippen LogP contribution in [0.5, 0.6) is 5.75 Å². The molecule has 0 saturated carbocycles. The Balaban J connectivity index is 1.92. The zero-order chi connectivity index (χ0) is 19.3. The SMILES string of the molecule is COc1ccc(CSCC(=O)Nc2cc(F)c(I)c(F)c2)cc1[N+](=O)[O-]. The minimum absolute atomic E-state index is 0.0229. The summed E-state index contributed by atoms with van der Waals surface area (Å²) in [4.78, 5) is 22.3. The van der Waals surface area contributed by atoms with Gasteiger partial charge in [-0.3, -0.25) is 14.9 Å². The number of hydrogen-bond acceptors (Lipinski definition) is 5. The van der Waals surface area contributed by atoms with Gasteiger partial charge in [-0.05, 0) is 46.4 Å². The molecule has 0 atom stereocenters. The van der Waals surface area contributed by atoms with Gasteiger partial charge in [0.15, 0.2) is 5.75 Å². The fourth-order valence-corrected chi connectivity index (χ4v) is 3.14. The van der Waals surface area contributed by atoms with E-state index < -0.39 is 22.5 Å². The van der Waals surface area contributed by atoms with Crippen LogP contribution in [-0.2, 0) is 10.5 Å². The predicted octanol–water partition coefficient (Wildman–Crippen LogP) is 4.36. The van der Waals surface area contributed by atoms with Gasteiger partial charge in [-0.25, -0.2) is 8.78 Å². The van der Waals surface area contributed by atoms with Gasteiger partial charge in [0.1, 0.15) is 11.6 Å². The molecule has 0 radical (unpaired) electrons. The molecule has 0 aromatic heterocycles. The van der Waals surface area contributed by atoms with Gasteiger partial charge >= 0.3 is 5.69 Å². The van der Waals surface area contributed by atoms with Crippen molar-refractivity contribution >= 4 is 51.6 Å². The lowest BCUT2D eigenvalue weighted by molar-refractivity contribution is -0.385. The molecule has 10 heteroatoms. The number of amides is 1. The molecule has 2 rings (SSSR count). The molecule has 0 bridgehead atoms. The summed E-state index contributed by atoms with van der Waals surface area (Å²) in [6.07, 6.45) is 0. The van der Waals surface area contributed by atoms with E-state index >= 15 is 0 Å². The summed E-state index contributed by atoms with van der Waals surface area (Å²) in [6, 6.07) is 6.62. The van der Waals surface area contributed by atoms with E-state index in [1.807, 2.05) is 0 Å². The van der Waals surface area contributed by atoms with Crippen molar-refractivity contribution in [3.05, 3.63) is 61.2 Å². The summed E-state index contributed by atoms with van der Waals surface area (Å²) in [5, 5.41) is 13.4. The Morgan fingerprint density at radius 2 is 1.96 bits per heavy atom. The van der Waals surface area contributed by atoms with Crippen LogP contribution in [0.15, 0.2) is 30.3 Å². The Hall–Kier alpha value is -1.95. The van der Waals surface area contributed by atoms with Crippen LogP contribution in [0.2, 0.25) is 0 Å². The average molecular weight is 494 g/mol. The number of rotatable bonds is 7. The average Bonchev–Trinajstić information content (AvgIpc) is 2.59. The number of nitrogens with zero attached hydrogens (tertiary/aromatic N) is 1. The molecule has 0 fully saturated rings. The van der Waals surface area contributed by atoms with Crippen molar-refractivity contribution in [1.82, 2.24) is 0 Å². The number of carbonyl (C=O) groups excluding carboxylic acids is 1. The second-order valence-corrected chi connectivity index (χ2v) is 7.12. The molecule has 2 aromatic rings. The molecule has 6 nitrogen and oxygen atoms in total. The molecule has 1 amide bonds. The van der Waals surface area contributed by atoms with E-state index in [1.54, 1.807) is 6.07 Å². The smallest absolute Gasteiger partial charge is 0.311 e. The van der Waals surface area contributed by atoms with E-state index in [9.17, 15) is 23.7 Å². The molecule has 0 heterocycles. The standard InChI is InChI=1S/C16H13F2IN2O4S/c1-25-14-3-2-9(4-13(14)21(23)24)7-26-8-15(22)20-10-5-11(17)16(19)12(18)6-10/h2-6H,7-8H2,1H3,(H,20,22). The monoisotopic (exact) mass is 494 g/mol. The number of thioether (sulfide) groups is 1. The van der Waals surface area contributed by atoms with E-state index in [4.69, 9.17) is 4.74 Å². The van der Waals surface area contributed by atoms with Crippen LogP contribution in [0.4, 0.5) is 20.2 Å². The van der Waals surface area contributed by atoms with E-state index in [1.165, 1.54) is 53.6 Å². The Kier molecular flexibility index (Phi) is 7.14.